The SMILES string of the molecule is C=CC[C@]1(C)CN[C@@H](c2ccc(Cl)cc2)[C@@H](c2cccc(Cl)c2)C1. The van der Waals surface area contributed by atoms with E-state index in [4.69, 9.17) is 23.2 Å². The lowest BCUT2D eigenvalue weighted by Gasteiger charge is -2.44. The smallest absolute Gasteiger partial charge is 0.0408 e. The molecule has 0 bridgehead atoms. The van der Waals surface area contributed by atoms with Gasteiger partial charge in [-0.15, -0.1) is 6.58 Å². The van der Waals surface area contributed by atoms with Gasteiger partial charge in [0.05, 0.1) is 0 Å². The molecule has 3 rings (SSSR count). The zero-order valence-electron chi connectivity index (χ0n) is 13.9. The van der Waals surface area contributed by atoms with Crippen LogP contribution in [0.3, 0.4) is 0 Å². The molecule has 2 aromatic rings. The van der Waals surface area contributed by atoms with Gasteiger partial charge in [0.15, 0.2) is 0 Å². The Bertz CT molecular complexity index is 710. The molecular weight excluding hydrogens is 337 g/mol. The van der Waals surface area contributed by atoms with Crippen molar-refractivity contribution in [3.63, 3.8) is 0 Å². The van der Waals surface area contributed by atoms with Crippen molar-refractivity contribution in [1.29, 1.82) is 0 Å². The molecule has 0 aromatic heterocycles. The van der Waals surface area contributed by atoms with Crippen molar-refractivity contribution in [3.8, 4) is 0 Å². The van der Waals surface area contributed by atoms with Crippen LogP contribution in [0.2, 0.25) is 10.0 Å². The standard InChI is InChI=1S/C21H23Cl2N/c1-3-11-21(2)13-19(16-5-4-6-18(23)12-16)20(24-14-21)15-7-9-17(22)10-8-15/h3-10,12,19-20,24H,1,11,13-14H2,2H3/t19-,20+,21+/m1/s1. The summed E-state index contributed by atoms with van der Waals surface area (Å²) in [5.74, 6) is 0.364. The van der Waals surface area contributed by atoms with Crippen molar-refractivity contribution in [1.82, 2.24) is 5.32 Å². The van der Waals surface area contributed by atoms with Crippen molar-refractivity contribution in [3.05, 3.63) is 82.4 Å². The Morgan fingerprint density at radius 3 is 2.54 bits per heavy atom. The highest BCUT2D eigenvalue weighted by Gasteiger charge is 2.38. The number of hydrogen-bond acceptors (Lipinski definition) is 1. The van der Waals surface area contributed by atoms with Crippen LogP contribution in [-0.2, 0) is 0 Å². The quantitative estimate of drug-likeness (QED) is 0.623. The Hall–Kier alpha value is -1.28. The van der Waals surface area contributed by atoms with Gasteiger partial charge in [-0.3, -0.25) is 0 Å². The van der Waals surface area contributed by atoms with E-state index >= 15 is 0 Å². The first kappa shape index (κ1) is 17.5. The summed E-state index contributed by atoms with van der Waals surface area (Å²) < 4.78 is 0. The Morgan fingerprint density at radius 1 is 1.12 bits per heavy atom. The highest BCUT2D eigenvalue weighted by Crippen LogP contribution is 2.46. The summed E-state index contributed by atoms with van der Waals surface area (Å²) >= 11 is 12.3. The van der Waals surface area contributed by atoms with Crippen LogP contribution in [0, 0.1) is 5.41 Å². The molecule has 2 aromatic carbocycles. The molecule has 1 fully saturated rings. The van der Waals surface area contributed by atoms with E-state index in [0.717, 1.165) is 29.4 Å². The fourth-order valence-electron chi connectivity index (χ4n) is 3.79. The van der Waals surface area contributed by atoms with E-state index < -0.39 is 0 Å². The van der Waals surface area contributed by atoms with Gasteiger partial charge in [-0.1, -0.05) is 60.5 Å². The fraction of sp³-hybridized carbons (Fsp3) is 0.333. The molecule has 1 saturated heterocycles. The summed E-state index contributed by atoms with van der Waals surface area (Å²) in [6.45, 7) is 7.24. The highest BCUT2D eigenvalue weighted by atomic mass is 35.5. The van der Waals surface area contributed by atoms with Crippen LogP contribution in [0.4, 0.5) is 0 Å². The first-order chi connectivity index (χ1) is 11.5. The zero-order chi connectivity index (χ0) is 17.2. The van der Waals surface area contributed by atoms with Gasteiger partial charge >= 0.3 is 0 Å². The van der Waals surface area contributed by atoms with E-state index in [1.807, 2.05) is 30.3 Å². The molecule has 0 aliphatic carbocycles. The van der Waals surface area contributed by atoms with E-state index in [1.165, 1.54) is 11.1 Å². The Labute approximate surface area is 154 Å². The van der Waals surface area contributed by atoms with Crippen molar-refractivity contribution >= 4 is 23.2 Å². The average Bonchev–Trinajstić information content (AvgIpc) is 2.56. The van der Waals surface area contributed by atoms with Crippen molar-refractivity contribution in [2.24, 2.45) is 5.41 Å². The molecule has 0 amide bonds. The second kappa shape index (κ2) is 7.31. The molecule has 0 spiro atoms. The highest BCUT2D eigenvalue weighted by molar-refractivity contribution is 6.30. The molecule has 24 heavy (non-hydrogen) atoms. The van der Waals surface area contributed by atoms with E-state index in [1.54, 1.807) is 0 Å². The predicted octanol–water partition coefficient (Wildman–Crippen LogP) is 6.39. The third-order valence-corrected chi connectivity index (χ3v) is 5.49. The molecule has 3 heteroatoms. The van der Waals surface area contributed by atoms with Gasteiger partial charge in [0.2, 0.25) is 0 Å². The zero-order valence-corrected chi connectivity index (χ0v) is 15.4. The number of piperidine rings is 1. The van der Waals surface area contributed by atoms with Crippen molar-refractivity contribution in [2.75, 3.05) is 6.54 Å². The summed E-state index contributed by atoms with van der Waals surface area (Å²) in [6, 6.07) is 16.7. The maximum atomic E-state index is 6.26. The summed E-state index contributed by atoms with van der Waals surface area (Å²) in [4.78, 5) is 0. The second-order valence-electron chi connectivity index (χ2n) is 7.08. The number of benzene rings is 2. The number of allylic oxidation sites excluding steroid dienone is 1. The van der Waals surface area contributed by atoms with Crippen LogP contribution in [0.1, 0.15) is 42.9 Å². The monoisotopic (exact) mass is 359 g/mol. The maximum Gasteiger partial charge on any atom is 0.0408 e. The third kappa shape index (κ3) is 3.85. The van der Waals surface area contributed by atoms with Crippen LogP contribution in [0.5, 0.6) is 0 Å². The van der Waals surface area contributed by atoms with E-state index in [-0.39, 0.29) is 11.5 Å². The molecule has 0 saturated carbocycles. The minimum atomic E-state index is 0.206. The van der Waals surface area contributed by atoms with Gasteiger partial charge in [0.1, 0.15) is 0 Å². The number of rotatable bonds is 4. The summed E-state index contributed by atoms with van der Waals surface area (Å²) in [7, 11) is 0. The lowest BCUT2D eigenvalue weighted by molar-refractivity contribution is 0.176. The number of hydrogen-bond donors (Lipinski definition) is 1. The largest absolute Gasteiger partial charge is 0.309 e. The van der Waals surface area contributed by atoms with Gasteiger partial charge in [-0.25, -0.2) is 0 Å². The van der Waals surface area contributed by atoms with Gasteiger partial charge in [0.25, 0.3) is 0 Å². The second-order valence-corrected chi connectivity index (χ2v) is 7.95. The molecule has 1 aliphatic heterocycles. The topological polar surface area (TPSA) is 12.0 Å². The van der Waals surface area contributed by atoms with E-state index in [0.29, 0.717) is 5.92 Å². The summed E-state index contributed by atoms with van der Waals surface area (Å²) in [6.07, 6.45) is 4.13. The first-order valence-corrected chi connectivity index (χ1v) is 9.11. The number of nitrogens with one attached hydrogen (secondary N) is 1. The van der Waals surface area contributed by atoms with Crippen molar-refractivity contribution in [2.45, 2.75) is 31.7 Å². The Morgan fingerprint density at radius 2 is 1.88 bits per heavy atom. The van der Waals surface area contributed by atoms with Crippen LogP contribution >= 0.6 is 23.2 Å². The minimum absolute atomic E-state index is 0.206. The van der Waals surface area contributed by atoms with E-state index in [9.17, 15) is 0 Å². The normalized spacial score (nSPS) is 27.0. The summed E-state index contributed by atoms with van der Waals surface area (Å²) in [5, 5.41) is 5.32. The van der Waals surface area contributed by atoms with Gasteiger partial charge in [-0.05, 0) is 53.6 Å². The summed E-state index contributed by atoms with van der Waals surface area (Å²) in [5.41, 5.74) is 2.76. The molecule has 1 N–H and O–H groups in total. The maximum absolute atomic E-state index is 6.26. The molecule has 1 heterocycles. The number of halogens is 2. The Kier molecular flexibility index (Phi) is 5.34. The van der Waals surface area contributed by atoms with E-state index in [2.05, 4.69) is 43.1 Å². The Balaban J connectivity index is 1.97. The molecular formula is C21H23Cl2N. The molecule has 1 aliphatic rings. The van der Waals surface area contributed by atoms with Crippen molar-refractivity contribution < 1.29 is 0 Å². The van der Waals surface area contributed by atoms with Crippen LogP contribution < -0.4 is 5.32 Å². The van der Waals surface area contributed by atoms with Crippen LogP contribution in [0.15, 0.2) is 61.2 Å². The molecule has 126 valence electrons. The molecule has 3 atom stereocenters. The fourth-order valence-corrected chi connectivity index (χ4v) is 4.12. The average molecular weight is 360 g/mol. The van der Waals surface area contributed by atoms with Gasteiger partial charge in [0, 0.05) is 28.5 Å². The molecule has 1 nitrogen and oxygen atoms in total. The van der Waals surface area contributed by atoms with Gasteiger partial charge in [-0.2, -0.15) is 0 Å². The predicted molar refractivity (Wildman–Crippen MR) is 104 cm³/mol. The first-order valence-electron chi connectivity index (χ1n) is 8.36. The third-order valence-electron chi connectivity index (χ3n) is 5.01. The lowest BCUT2D eigenvalue weighted by atomic mass is 9.69. The van der Waals surface area contributed by atoms with Gasteiger partial charge < -0.3 is 5.32 Å². The molecule has 0 unspecified atom stereocenters. The molecule has 0 radical (unpaired) electrons. The van der Waals surface area contributed by atoms with Crippen LogP contribution in [0.25, 0.3) is 0 Å². The van der Waals surface area contributed by atoms with Crippen LogP contribution in [-0.4, -0.2) is 6.54 Å². The lowest BCUT2D eigenvalue weighted by Crippen LogP contribution is -2.44. The minimum Gasteiger partial charge on any atom is -0.309 e.